The number of amides is 1. The highest BCUT2D eigenvalue weighted by Crippen LogP contribution is 2.19. The highest BCUT2D eigenvalue weighted by atomic mass is 16.2. The van der Waals surface area contributed by atoms with Gasteiger partial charge in [-0.1, -0.05) is 20.3 Å². The highest BCUT2D eigenvalue weighted by Gasteiger charge is 2.33. The van der Waals surface area contributed by atoms with Gasteiger partial charge in [-0.3, -0.25) is 4.79 Å². The maximum absolute atomic E-state index is 12.0. The highest BCUT2D eigenvalue weighted by molar-refractivity contribution is 5.82. The first-order valence-corrected chi connectivity index (χ1v) is 5.57. The fraction of sp³-hybridized carbons (Fsp3) is 0.818. The number of likely N-dealkylation sites (tertiary alicyclic amines) is 1. The Morgan fingerprint density at radius 3 is 2.93 bits per heavy atom. The third-order valence-corrected chi connectivity index (χ3v) is 3.23. The minimum absolute atomic E-state index is 0.0617. The maximum atomic E-state index is 12.0. The van der Waals surface area contributed by atoms with Crippen molar-refractivity contribution in [3.05, 3.63) is 0 Å². The summed E-state index contributed by atoms with van der Waals surface area (Å²) in [6, 6.07) is 1.44. The molecule has 4 nitrogen and oxygen atoms in total. The number of carbonyl (C=O) groups excluding carboxylic acids is 1. The van der Waals surface area contributed by atoms with Gasteiger partial charge in [0.1, 0.15) is 6.04 Å². The number of rotatable bonds is 3. The molecule has 1 aliphatic heterocycles. The van der Waals surface area contributed by atoms with Crippen molar-refractivity contribution in [3.8, 4) is 6.07 Å². The Hall–Kier alpha value is -1.08. The van der Waals surface area contributed by atoms with Crippen molar-refractivity contribution in [1.82, 2.24) is 4.90 Å². The normalized spacial score (nSPS) is 24.7. The minimum Gasteiger partial charge on any atom is -0.325 e. The molecule has 1 aliphatic rings. The van der Waals surface area contributed by atoms with Crippen molar-refractivity contribution in [2.75, 3.05) is 6.54 Å². The molecule has 3 atom stereocenters. The van der Waals surface area contributed by atoms with Crippen LogP contribution in [0.4, 0.5) is 0 Å². The monoisotopic (exact) mass is 209 g/mol. The summed E-state index contributed by atoms with van der Waals surface area (Å²) in [5, 5.41) is 8.88. The van der Waals surface area contributed by atoms with Crippen LogP contribution in [0.25, 0.3) is 0 Å². The lowest BCUT2D eigenvalue weighted by Crippen LogP contribution is -2.48. The average molecular weight is 209 g/mol. The van der Waals surface area contributed by atoms with Crippen molar-refractivity contribution in [2.24, 2.45) is 11.7 Å². The van der Waals surface area contributed by atoms with Gasteiger partial charge in [-0.05, 0) is 18.8 Å². The van der Waals surface area contributed by atoms with E-state index in [1.54, 1.807) is 4.90 Å². The van der Waals surface area contributed by atoms with Gasteiger partial charge in [0.2, 0.25) is 5.91 Å². The third kappa shape index (κ3) is 2.48. The lowest BCUT2D eigenvalue weighted by Gasteiger charge is -2.26. The molecule has 2 N–H and O–H groups in total. The van der Waals surface area contributed by atoms with Gasteiger partial charge in [0.25, 0.3) is 0 Å². The quantitative estimate of drug-likeness (QED) is 0.750. The van der Waals surface area contributed by atoms with Crippen LogP contribution in [-0.4, -0.2) is 29.4 Å². The molecule has 1 rings (SSSR count). The first kappa shape index (κ1) is 12.0. The topological polar surface area (TPSA) is 70.1 Å². The zero-order chi connectivity index (χ0) is 11.4. The lowest BCUT2D eigenvalue weighted by atomic mass is 9.99. The number of hydrogen-bond acceptors (Lipinski definition) is 3. The zero-order valence-corrected chi connectivity index (χ0v) is 9.44. The summed E-state index contributed by atoms with van der Waals surface area (Å²) in [5.41, 5.74) is 5.87. The summed E-state index contributed by atoms with van der Waals surface area (Å²) in [6.45, 7) is 4.67. The Kier molecular flexibility index (Phi) is 4.10. The van der Waals surface area contributed by atoms with E-state index in [4.69, 9.17) is 11.0 Å². The molecular weight excluding hydrogens is 190 g/mol. The second-order valence-corrected chi connectivity index (χ2v) is 4.23. The Morgan fingerprint density at radius 2 is 2.40 bits per heavy atom. The number of nitriles is 1. The van der Waals surface area contributed by atoms with Gasteiger partial charge in [-0.25, -0.2) is 0 Å². The van der Waals surface area contributed by atoms with Gasteiger partial charge in [0.05, 0.1) is 12.1 Å². The fourth-order valence-corrected chi connectivity index (χ4v) is 1.85. The molecule has 1 heterocycles. The van der Waals surface area contributed by atoms with E-state index in [1.165, 1.54) is 0 Å². The van der Waals surface area contributed by atoms with Crippen LogP contribution in [0.15, 0.2) is 0 Å². The van der Waals surface area contributed by atoms with Crippen molar-refractivity contribution >= 4 is 5.91 Å². The standard InChI is InChI=1S/C11H19N3O/c1-3-8(2)10(13)11(15)14-6-4-5-9(14)7-12/h8-10H,3-6,13H2,1-2H3/t8?,9-,10?/m0/s1. The SMILES string of the molecule is CCC(C)C(N)C(=O)N1CCC[C@H]1C#N. The second kappa shape index (κ2) is 5.13. The van der Waals surface area contributed by atoms with Gasteiger partial charge in [0, 0.05) is 6.54 Å². The third-order valence-electron chi connectivity index (χ3n) is 3.23. The molecule has 84 valence electrons. The van der Waals surface area contributed by atoms with Gasteiger partial charge in [-0.15, -0.1) is 0 Å². The van der Waals surface area contributed by atoms with E-state index >= 15 is 0 Å². The van der Waals surface area contributed by atoms with E-state index in [0.29, 0.717) is 6.54 Å². The molecule has 0 aromatic heterocycles. The van der Waals surface area contributed by atoms with Crippen LogP contribution >= 0.6 is 0 Å². The van der Waals surface area contributed by atoms with E-state index in [2.05, 4.69) is 6.07 Å². The van der Waals surface area contributed by atoms with E-state index < -0.39 is 6.04 Å². The summed E-state index contributed by atoms with van der Waals surface area (Å²) in [4.78, 5) is 13.6. The van der Waals surface area contributed by atoms with Crippen molar-refractivity contribution in [2.45, 2.75) is 45.2 Å². The molecule has 0 aromatic carbocycles. The van der Waals surface area contributed by atoms with Crippen molar-refractivity contribution in [1.29, 1.82) is 5.26 Å². The van der Waals surface area contributed by atoms with Gasteiger partial charge in [-0.2, -0.15) is 5.26 Å². The van der Waals surface area contributed by atoms with Gasteiger partial charge < -0.3 is 10.6 Å². The van der Waals surface area contributed by atoms with Crippen molar-refractivity contribution < 1.29 is 4.79 Å². The Labute approximate surface area is 91.0 Å². The molecule has 15 heavy (non-hydrogen) atoms. The van der Waals surface area contributed by atoms with Crippen LogP contribution < -0.4 is 5.73 Å². The van der Waals surface area contributed by atoms with E-state index in [1.807, 2.05) is 13.8 Å². The van der Waals surface area contributed by atoms with Crippen LogP contribution in [0.2, 0.25) is 0 Å². The molecule has 1 fully saturated rings. The van der Waals surface area contributed by atoms with Crippen LogP contribution in [-0.2, 0) is 4.79 Å². The van der Waals surface area contributed by atoms with E-state index in [9.17, 15) is 4.79 Å². The fourth-order valence-electron chi connectivity index (χ4n) is 1.85. The summed E-state index contributed by atoms with van der Waals surface area (Å²) in [6.07, 6.45) is 2.59. The Morgan fingerprint density at radius 1 is 1.73 bits per heavy atom. The molecule has 0 saturated carbocycles. The summed E-state index contributed by atoms with van der Waals surface area (Å²) < 4.78 is 0. The molecule has 0 aliphatic carbocycles. The lowest BCUT2D eigenvalue weighted by molar-refractivity contribution is -0.133. The summed E-state index contributed by atoms with van der Waals surface area (Å²) in [5.74, 6) is 0.117. The first-order valence-electron chi connectivity index (χ1n) is 5.57. The largest absolute Gasteiger partial charge is 0.325 e. The van der Waals surface area contributed by atoms with Crippen LogP contribution in [0.5, 0.6) is 0 Å². The molecule has 1 amide bonds. The summed E-state index contributed by atoms with van der Waals surface area (Å²) in [7, 11) is 0. The van der Waals surface area contributed by atoms with Crippen LogP contribution in [0, 0.1) is 17.2 Å². The number of nitrogens with zero attached hydrogens (tertiary/aromatic N) is 2. The average Bonchev–Trinajstić information content (AvgIpc) is 2.73. The number of hydrogen-bond donors (Lipinski definition) is 1. The second-order valence-electron chi connectivity index (χ2n) is 4.23. The van der Waals surface area contributed by atoms with Crippen LogP contribution in [0.3, 0.4) is 0 Å². The van der Waals surface area contributed by atoms with Gasteiger partial charge >= 0.3 is 0 Å². The summed E-state index contributed by atoms with van der Waals surface area (Å²) >= 11 is 0. The van der Waals surface area contributed by atoms with E-state index in [-0.39, 0.29) is 17.9 Å². The maximum Gasteiger partial charge on any atom is 0.240 e. The predicted molar refractivity (Wildman–Crippen MR) is 57.8 cm³/mol. The molecule has 0 aromatic rings. The van der Waals surface area contributed by atoms with Gasteiger partial charge in [0.15, 0.2) is 0 Å². The Bertz CT molecular complexity index is 271. The first-order chi connectivity index (χ1) is 7.11. The molecule has 1 saturated heterocycles. The number of carbonyl (C=O) groups is 1. The molecular formula is C11H19N3O. The molecule has 0 spiro atoms. The molecule has 0 bridgehead atoms. The van der Waals surface area contributed by atoms with Crippen molar-refractivity contribution in [3.63, 3.8) is 0 Å². The predicted octanol–water partition coefficient (Wildman–Crippen LogP) is 0.874. The minimum atomic E-state index is -0.455. The van der Waals surface area contributed by atoms with Crippen LogP contribution in [0.1, 0.15) is 33.1 Å². The zero-order valence-electron chi connectivity index (χ0n) is 9.44. The Balaban J connectivity index is 2.64. The van der Waals surface area contributed by atoms with E-state index in [0.717, 1.165) is 19.3 Å². The number of nitrogens with two attached hydrogens (primary N) is 1. The molecule has 4 heteroatoms. The molecule has 2 unspecified atom stereocenters. The smallest absolute Gasteiger partial charge is 0.240 e. The molecule has 0 radical (unpaired) electrons.